The summed E-state index contributed by atoms with van der Waals surface area (Å²) in [6.45, 7) is 15.7. The zero-order valence-electron chi connectivity index (χ0n) is 15.8. The van der Waals surface area contributed by atoms with Crippen molar-refractivity contribution < 1.29 is 9.47 Å². The van der Waals surface area contributed by atoms with Crippen molar-refractivity contribution in [3.63, 3.8) is 0 Å². The van der Waals surface area contributed by atoms with Crippen LogP contribution in [0, 0.1) is 22.7 Å². The molecule has 1 heterocycles. The van der Waals surface area contributed by atoms with Crippen LogP contribution >= 0.6 is 0 Å². The minimum absolute atomic E-state index is 0.214. The Morgan fingerprint density at radius 1 is 1.00 bits per heavy atom. The summed E-state index contributed by atoms with van der Waals surface area (Å²) in [6.07, 6.45) is 8.81. The molecule has 0 N–H and O–H groups in total. The maximum absolute atomic E-state index is 6.21. The Morgan fingerprint density at radius 2 is 1.64 bits per heavy atom. The van der Waals surface area contributed by atoms with Crippen LogP contribution in [0.4, 0.5) is 0 Å². The van der Waals surface area contributed by atoms with E-state index in [1.165, 1.54) is 38.5 Å². The van der Waals surface area contributed by atoms with Crippen molar-refractivity contribution in [2.24, 2.45) is 22.7 Å². The highest BCUT2D eigenvalue weighted by molar-refractivity contribution is 4.88. The van der Waals surface area contributed by atoms with E-state index in [4.69, 9.17) is 9.47 Å². The predicted molar refractivity (Wildman–Crippen MR) is 92.8 cm³/mol. The molecule has 2 nitrogen and oxygen atoms in total. The molecule has 2 atom stereocenters. The lowest BCUT2D eigenvalue weighted by atomic mass is 9.62. The van der Waals surface area contributed by atoms with Crippen LogP contribution in [-0.4, -0.2) is 19.0 Å². The average Bonchev–Trinajstić information content (AvgIpc) is 2.42. The monoisotopic (exact) mass is 310 g/mol. The first-order valence-corrected chi connectivity index (χ1v) is 9.48. The first-order chi connectivity index (χ1) is 10.2. The summed E-state index contributed by atoms with van der Waals surface area (Å²) in [5.41, 5.74) is 0.686. The minimum Gasteiger partial charge on any atom is -0.350 e. The van der Waals surface area contributed by atoms with E-state index in [0.29, 0.717) is 5.41 Å². The highest BCUT2D eigenvalue weighted by Crippen LogP contribution is 2.47. The predicted octanol–water partition coefficient (Wildman–Crippen LogP) is 5.80. The van der Waals surface area contributed by atoms with Crippen LogP contribution in [0.1, 0.15) is 86.5 Å². The molecule has 0 aromatic rings. The minimum atomic E-state index is -0.361. The van der Waals surface area contributed by atoms with E-state index in [1.807, 2.05) is 0 Å². The molecule has 1 saturated carbocycles. The van der Waals surface area contributed by atoms with Crippen molar-refractivity contribution in [1.82, 2.24) is 0 Å². The number of hydrogen-bond acceptors (Lipinski definition) is 2. The third kappa shape index (κ3) is 4.26. The molecule has 0 aromatic heterocycles. The second-order valence-corrected chi connectivity index (χ2v) is 9.28. The maximum atomic E-state index is 6.21. The molecule has 0 amide bonds. The van der Waals surface area contributed by atoms with E-state index < -0.39 is 0 Å². The van der Waals surface area contributed by atoms with Crippen molar-refractivity contribution in [3.05, 3.63) is 0 Å². The second kappa shape index (κ2) is 6.81. The number of ether oxygens (including phenoxy) is 2. The van der Waals surface area contributed by atoms with Gasteiger partial charge in [-0.15, -0.1) is 0 Å². The molecule has 2 unspecified atom stereocenters. The molecule has 0 spiro atoms. The van der Waals surface area contributed by atoms with E-state index in [-0.39, 0.29) is 11.2 Å². The maximum Gasteiger partial charge on any atom is 0.165 e. The second-order valence-electron chi connectivity index (χ2n) is 9.28. The van der Waals surface area contributed by atoms with Crippen LogP contribution in [0.3, 0.4) is 0 Å². The Kier molecular flexibility index (Phi) is 5.65. The Morgan fingerprint density at radius 3 is 2.18 bits per heavy atom. The molecule has 2 fully saturated rings. The molecule has 130 valence electrons. The van der Waals surface area contributed by atoms with E-state index in [9.17, 15) is 0 Å². The van der Waals surface area contributed by atoms with Gasteiger partial charge in [0.2, 0.25) is 0 Å². The van der Waals surface area contributed by atoms with Gasteiger partial charge < -0.3 is 9.47 Å². The first-order valence-electron chi connectivity index (χ1n) is 9.48. The van der Waals surface area contributed by atoms with Crippen LogP contribution in [0.2, 0.25) is 0 Å². The molecule has 1 saturated heterocycles. The summed E-state index contributed by atoms with van der Waals surface area (Å²) in [5.74, 6) is 1.27. The Labute approximate surface area is 138 Å². The SMILES string of the molecule is CCCC1(C)COC(C)(CCC2C(C)CCCC2(C)C)OC1. The molecule has 0 aromatic carbocycles. The van der Waals surface area contributed by atoms with Crippen molar-refractivity contribution in [3.8, 4) is 0 Å². The topological polar surface area (TPSA) is 18.5 Å². The summed E-state index contributed by atoms with van der Waals surface area (Å²) in [4.78, 5) is 0. The van der Waals surface area contributed by atoms with Crippen LogP contribution in [0.15, 0.2) is 0 Å². The molecular weight excluding hydrogens is 272 g/mol. The Balaban J connectivity index is 1.88. The van der Waals surface area contributed by atoms with Gasteiger partial charge in [0.05, 0.1) is 13.2 Å². The summed E-state index contributed by atoms with van der Waals surface area (Å²) >= 11 is 0. The van der Waals surface area contributed by atoms with E-state index >= 15 is 0 Å². The highest BCUT2D eigenvalue weighted by Gasteiger charge is 2.42. The summed E-state index contributed by atoms with van der Waals surface area (Å²) in [7, 11) is 0. The number of hydrogen-bond donors (Lipinski definition) is 0. The van der Waals surface area contributed by atoms with Gasteiger partial charge >= 0.3 is 0 Å². The van der Waals surface area contributed by atoms with Gasteiger partial charge in [0.25, 0.3) is 0 Å². The lowest BCUT2D eigenvalue weighted by Crippen LogP contribution is -2.47. The smallest absolute Gasteiger partial charge is 0.165 e. The van der Waals surface area contributed by atoms with E-state index in [1.54, 1.807) is 0 Å². The summed E-state index contributed by atoms with van der Waals surface area (Å²) < 4.78 is 12.4. The van der Waals surface area contributed by atoms with Gasteiger partial charge in [-0.25, -0.2) is 0 Å². The van der Waals surface area contributed by atoms with Crippen molar-refractivity contribution >= 4 is 0 Å². The standard InChI is InChI=1S/C20H38O2/c1-7-11-19(5)14-21-20(6,22-15-19)13-10-17-16(2)9-8-12-18(17,3)4/h16-17H,7-15H2,1-6H3. The molecule has 1 aliphatic heterocycles. The quantitative estimate of drug-likeness (QED) is 0.639. The molecule has 0 radical (unpaired) electrons. The fraction of sp³-hybridized carbons (Fsp3) is 1.00. The van der Waals surface area contributed by atoms with Crippen LogP contribution < -0.4 is 0 Å². The van der Waals surface area contributed by atoms with Gasteiger partial charge in [-0.2, -0.15) is 0 Å². The largest absolute Gasteiger partial charge is 0.350 e. The van der Waals surface area contributed by atoms with Gasteiger partial charge in [0.15, 0.2) is 5.79 Å². The fourth-order valence-corrected chi connectivity index (χ4v) is 4.76. The van der Waals surface area contributed by atoms with Crippen LogP contribution in [0.25, 0.3) is 0 Å². The van der Waals surface area contributed by atoms with Crippen molar-refractivity contribution in [1.29, 1.82) is 0 Å². The van der Waals surface area contributed by atoms with Gasteiger partial charge in [0.1, 0.15) is 0 Å². The third-order valence-electron chi connectivity index (χ3n) is 6.39. The molecule has 2 heteroatoms. The average molecular weight is 311 g/mol. The molecule has 2 rings (SSSR count). The van der Waals surface area contributed by atoms with Crippen molar-refractivity contribution in [2.45, 2.75) is 92.3 Å². The van der Waals surface area contributed by atoms with Gasteiger partial charge in [0, 0.05) is 11.8 Å². The molecule has 0 bridgehead atoms. The summed E-state index contributed by atoms with van der Waals surface area (Å²) in [6, 6.07) is 0. The van der Waals surface area contributed by atoms with Crippen LogP contribution in [0.5, 0.6) is 0 Å². The fourth-order valence-electron chi connectivity index (χ4n) is 4.76. The zero-order chi connectivity index (χ0) is 16.4. The zero-order valence-corrected chi connectivity index (χ0v) is 15.8. The number of rotatable bonds is 5. The lowest BCUT2D eigenvalue weighted by Gasteiger charge is -2.47. The Bertz CT molecular complexity index is 353. The molecule has 1 aliphatic carbocycles. The van der Waals surface area contributed by atoms with E-state index in [2.05, 4.69) is 41.5 Å². The third-order valence-corrected chi connectivity index (χ3v) is 6.39. The summed E-state index contributed by atoms with van der Waals surface area (Å²) in [5, 5.41) is 0. The lowest BCUT2D eigenvalue weighted by molar-refractivity contribution is -0.297. The molecule has 22 heavy (non-hydrogen) atoms. The van der Waals surface area contributed by atoms with Gasteiger partial charge in [-0.05, 0) is 43.4 Å². The highest BCUT2D eigenvalue weighted by atomic mass is 16.7. The molecule has 2 aliphatic rings. The van der Waals surface area contributed by atoms with Crippen LogP contribution in [-0.2, 0) is 9.47 Å². The van der Waals surface area contributed by atoms with Gasteiger partial charge in [-0.3, -0.25) is 0 Å². The first kappa shape index (κ1) is 18.3. The Hall–Kier alpha value is -0.0800. The molecular formula is C20H38O2. The normalized spacial score (nSPS) is 42.3. The van der Waals surface area contributed by atoms with Gasteiger partial charge in [-0.1, -0.05) is 53.9 Å². The van der Waals surface area contributed by atoms with Crippen molar-refractivity contribution in [2.75, 3.05) is 13.2 Å². The van der Waals surface area contributed by atoms with E-state index in [0.717, 1.165) is 31.5 Å².